The summed E-state index contributed by atoms with van der Waals surface area (Å²) in [4.78, 5) is 24.9. The highest BCUT2D eigenvalue weighted by molar-refractivity contribution is 6.14. The number of carbonyl (C=O) groups is 2. The van der Waals surface area contributed by atoms with Gasteiger partial charge < -0.3 is 10.6 Å². The number of benzene rings is 2. The number of carbonyl (C=O) groups excluding carboxylic acids is 2. The van der Waals surface area contributed by atoms with Gasteiger partial charge in [-0.3, -0.25) is 9.59 Å². The van der Waals surface area contributed by atoms with Gasteiger partial charge in [0.25, 0.3) is 0 Å². The molecule has 0 aliphatic carbocycles. The molecular formula is C19H16F3N3O2. The molecule has 0 bridgehead atoms. The van der Waals surface area contributed by atoms with Gasteiger partial charge in [0.2, 0.25) is 11.8 Å². The van der Waals surface area contributed by atoms with Crippen LogP contribution >= 0.6 is 0 Å². The van der Waals surface area contributed by atoms with Crippen molar-refractivity contribution in [1.82, 2.24) is 0 Å². The molecule has 27 heavy (non-hydrogen) atoms. The largest absolute Gasteiger partial charge is 0.416 e. The Labute approximate surface area is 153 Å². The van der Waals surface area contributed by atoms with Crippen LogP contribution in [0, 0.1) is 16.7 Å². The van der Waals surface area contributed by atoms with Crippen molar-refractivity contribution >= 4 is 23.2 Å². The number of anilines is 2. The zero-order chi connectivity index (χ0) is 20.2. The summed E-state index contributed by atoms with van der Waals surface area (Å²) in [6.07, 6.45) is -4.54. The average Bonchev–Trinajstić information content (AvgIpc) is 2.61. The predicted octanol–water partition coefficient (Wildman–Crippen LogP) is 4.18. The van der Waals surface area contributed by atoms with E-state index in [4.69, 9.17) is 5.26 Å². The van der Waals surface area contributed by atoms with Crippen LogP contribution in [0.2, 0.25) is 0 Å². The average molecular weight is 375 g/mol. The maximum Gasteiger partial charge on any atom is 0.416 e. The van der Waals surface area contributed by atoms with E-state index >= 15 is 0 Å². The van der Waals surface area contributed by atoms with Crippen molar-refractivity contribution in [2.24, 2.45) is 5.41 Å². The third kappa shape index (κ3) is 4.85. The summed E-state index contributed by atoms with van der Waals surface area (Å²) in [5.74, 6) is -1.43. The number of nitriles is 1. The van der Waals surface area contributed by atoms with Gasteiger partial charge in [-0.15, -0.1) is 0 Å². The Balaban J connectivity index is 2.14. The van der Waals surface area contributed by atoms with Gasteiger partial charge in [-0.25, -0.2) is 0 Å². The van der Waals surface area contributed by atoms with Crippen LogP contribution in [0.1, 0.15) is 25.0 Å². The second kappa shape index (κ2) is 7.50. The van der Waals surface area contributed by atoms with E-state index in [0.29, 0.717) is 11.3 Å². The maximum atomic E-state index is 12.8. The number of rotatable bonds is 4. The molecule has 0 aromatic heterocycles. The van der Waals surface area contributed by atoms with Crippen LogP contribution in [0.15, 0.2) is 48.5 Å². The van der Waals surface area contributed by atoms with E-state index in [0.717, 1.165) is 12.1 Å². The lowest BCUT2D eigenvalue weighted by Gasteiger charge is -2.23. The topological polar surface area (TPSA) is 82.0 Å². The summed E-state index contributed by atoms with van der Waals surface area (Å²) in [5.41, 5.74) is -1.88. The molecule has 0 atom stereocenters. The molecular weight excluding hydrogens is 359 g/mol. The van der Waals surface area contributed by atoms with Crippen molar-refractivity contribution < 1.29 is 22.8 Å². The maximum absolute atomic E-state index is 12.8. The van der Waals surface area contributed by atoms with Crippen molar-refractivity contribution in [3.05, 3.63) is 59.7 Å². The molecule has 140 valence electrons. The molecule has 0 fully saturated rings. The quantitative estimate of drug-likeness (QED) is 0.787. The number of alkyl halides is 3. The molecule has 5 nitrogen and oxygen atoms in total. The lowest BCUT2D eigenvalue weighted by Crippen LogP contribution is -2.41. The molecule has 0 aliphatic heterocycles. The van der Waals surface area contributed by atoms with E-state index in [2.05, 4.69) is 10.6 Å². The first-order valence-electron chi connectivity index (χ1n) is 7.84. The first-order valence-corrected chi connectivity index (χ1v) is 7.84. The Morgan fingerprint density at radius 3 is 1.96 bits per heavy atom. The van der Waals surface area contributed by atoms with Gasteiger partial charge in [-0.1, -0.05) is 12.1 Å². The molecule has 8 heteroatoms. The van der Waals surface area contributed by atoms with Gasteiger partial charge >= 0.3 is 6.18 Å². The Morgan fingerprint density at radius 2 is 1.44 bits per heavy atom. The third-order valence-corrected chi connectivity index (χ3v) is 3.83. The third-order valence-electron chi connectivity index (χ3n) is 3.83. The van der Waals surface area contributed by atoms with Gasteiger partial charge in [-0.2, -0.15) is 18.4 Å². The van der Waals surface area contributed by atoms with Crippen molar-refractivity contribution in [3.63, 3.8) is 0 Å². The predicted molar refractivity (Wildman–Crippen MR) is 93.6 cm³/mol. The molecule has 0 saturated carbocycles. The highest BCUT2D eigenvalue weighted by atomic mass is 19.4. The van der Waals surface area contributed by atoms with Gasteiger partial charge in [0.1, 0.15) is 5.41 Å². The van der Waals surface area contributed by atoms with E-state index in [-0.39, 0.29) is 5.69 Å². The first kappa shape index (κ1) is 20.0. The van der Waals surface area contributed by atoms with Crippen LogP contribution in [0.4, 0.5) is 24.5 Å². The molecule has 0 radical (unpaired) electrons. The van der Waals surface area contributed by atoms with Crippen LogP contribution in [0.3, 0.4) is 0 Å². The summed E-state index contributed by atoms with van der Waals surface area (Å²) in [7, 11) is 0. The fourth-order valence-corrected chi connectivity index (χ4v) is 2.12. The summed E-state index contributed by atoms with van der Waals surface area (Å²) in [6, 6.07) is 12.2. The van der Waals surface area contributed by atoms with E-state index in [9.17, 15) is 22.8 Å². The summed E-state index contributed by atoms with van der Waals surface area (Å²) in [6.45, 7) is 2.69. The summed E-state index contributed by atoms with van der Waals surface area (Å²) >= 11 is 0. The highest BCUT2D eigenvalue weighted by Crippen LogP contribution is 2.31. The van der Waals surface area contributed by atoms with Crippen LogP contribution < -0.4 is 10.6 Å². The zero-order valence-electron chi connectivity index (χ0n) is 14.5. The fraction of sp³-hybridized carbons (Fsp3) is 0.211. The van der Waals surface area contributed by atoms with Gasteiger partial charge in [0, 0.05) is 11.4 Å². The molecule has 0 saturated heterocycles. The first-order chi connectivity index (χ1) is 12.5. The monoisotopic (exact) mass is 375 g/mol. The van der Waals surface area contributed by atoms with Crippen LogP contribution in [-0.2, 0) is 15.8 Å². The molecule has 0 unspecified atom stereocenters. The van der Waals surface area contributed by atoms with Crippen LogP contribution in [-0.4, -0.2) is 11.8 Å². The lowest BCUT2D eigenvalue weighted by molar-refractivity contribution is -0.138. The minimum absolute atomic E-state index is 0.0674. The summed E-state index contributed by atoms with van der Waals surface area (Å²) in [5, 5.41) is 13.7. The Kier molecular flexibility index (Phi) is 5.55. The number of halogens is 3. The molecule has 0 spiro atoms. The van der Waals surface area contributed by atoms with E-state index < -0.39 is 29.0 Å². The molecule has 2 rings (SSSR count). The standard InChI is InChI=1S/C19H16F3N3O2/c1-18(2,16(26)24-14-7-3-5-12(9-14)11-23)17(27)25-15-8-4-6-13(10-15)19(20,21)22/h3-10H,1-2H3,(H,24,26)(H,25,27). The SMILES string of the molecule is CC(C)(C(=O)Nc1cccc(C#N)c1)C(=O)Nc1cccc(C(F)(F)F)c1. The molecule has 2 aromatic carbocycles. The van der Waals surface area contributed by atoms with Gasteiger partial charge in [-0.05, 0) is 50.2 Å². The highest BCUT2D eigenvalue weighted by Gasteiger charge is 2.37. The Bertz CT molecular complexity index is 915. The smallest absolute Gasteiger partial charge is 0.325 e. The van der Waals surface area contributed by atoms with Gasteiger partial charge in [0.05, 0.1) is 17.2 Å². The van der Waals surface area contributed by atoms with E-state index in [1.54, 1.807) is 18.2 Å². The summed E-state index contributed by atoms with van der Waals surface area (Å²) < 4.78 is 38.3. The zero-order valence-corrected chi connectivity index (χ0v) is 14.5. The number of nitrogens with one attached hydrogen (secondary N) is 2. The van der Waals surface area contributed by atoms with E-state index in [1.807, 2.05) is 6.07 Å². The van der Waals surface area contributed by atoms with Crippen molar-refractivity contribution in [3.8, 4) is 6.07 Å². The second-order valence-electron chi connectivity index (χ2n) is 6.30. The van der Waals surface area contributed by atoms with Crippen LogP contribution in [0.5, 0.6) is 0 Å². The number of nitrogens with zero attached hydrogens (tertiary/aromatic N) is 1. The molecule has 2 amide bonds. The normalized spacial score (nSPS) is 11.4. The lowest BCUT2D eigenvalue weighted by atomic mass is 9.90. The second-order valence-corrected chi connectivity index (χ2v) is 6.30. The Morgan fingerprint density at radius 1 is 0.926 bits per heavy atom. The van der Waals surface area contributed by atoms with E-state index in [1.165, 1.54) is 32.0 Å². The molecule has 2 aromatic rings. The Hall–Kier alpha value is -3.34. The number of hydrogen-bond donors (Lipinski definition) is 2. The van der Waals surface area contributed by atoms with Gasteiger partial charge in [0.15, 0.2) is 0 Å². The van der Waals surface area contributed by atoms with Crippen LogP contribution in [0.25, 0.3) is 0 Å². The fourth-order valence-electron chi connectivity index (χ4n) is 2.12. The molecule has 2 N–H and O–H groups in total. The minimum Gasteiger partial charge on any atom is -0.325 e. The van der Waals surface area contributed by atoms with Crippen molar-refractivity contribution in [2.45, 2.75) is 20.0 Å². The molecule has 0 aliphatic rings. The van der Waals surface area contributed by atoms with Crippen molar-refractivity contribution in [2.75, 3.05) is 10.6 Å². The number of hydrogen-bond acceptors (Lipinski definition) is 3. The molecule has 0 heterocycles. The van der Waals surface area contributed by atoms with Crippen molar-refractivity contribution in [1.29, 1.82) is 5.26 Å². The minimum atomic E-state index is -4.54. The number of amides is 2.